The van der Waals surface area contributed by atoms with Crippen LogP contribution >= 0.6 is 0 Å². The average Bonchev–Trinajstić information content (AvgIpc) is 2.42. The number of aryl methyl sites for hydroxylation is 2. The van der Waals surface area contributed by atoms with Gasteiger partial charge in [0.15, 0.2) is 0 Å². The van der Waals surface area contributed by atoms with Gasteiger partial charge in [-0.1, -0.05) is 29.8 Å². The van der Waals surface area contributed by atoms with Crippen molar-refractivity contribution >= 4 is 5.91 Å². The zero-order valence-corrected chi connectivity index (χ0v) is 11.3. The lowest BCUT2D eigenvalue weighted by atomic mass is 10.0. The molecule has 0 radical (unpaired) electrons. The molecule has 3 nitrogen and oxygen atoms in total. The van der Waals surface area contributed by atoms with E-state index in [2.05, 4.69) is 28.5 Å². The molecule has 19 heavy (non-hydrogen) atoms. The molecule has 0 aliphatic rings. The monoisotopic (exact) mass is 254 g/mol. The van der Waals surface area contributed by atoms with Crippen LogP contribution < -0.4 is 5.32 Å². The van der Waals surface area contributed by atoms with Gasteiger partial charge in [-0.2, -0.15) is 0 Å². The van der Waals surface area contributed by atoms with Gasteiger partial charge in [-0.05, 0) is 37.1 Å². The highest BCUT2D eigenvalue weighted by atomic mass is 16.1. The van der Waals surface area contributed by atoms with Crippen LogP contribution in [-0.2, 0) is 17.8 Å². The molecule has 1 aromatic heterocycles. The van der Waals surface area contributed by atoms with Crippen molar-refractivity contribution in [3.63, 3.8) is 0 Å². The highest BCUT2D eigenvalue weighted by Gasteiger charge is 2.06. The fraction of sp³-hybridized carbons (Fsp3) is 0.250. The quantitative estimate of drug-likeness (QED) is 0.911. The van der Waals surface area contributed by atoms with Crippen LogP contribution in [0.4, 0.5) is 0 Å². The predicted octanol–water partition coefficient (Wildman–Crippen LogP) is 2.56. The van der Waals surface area contributed by atoms with Crippen molar-refractivity contribution in [1.29, 1.82) is 0 Å². The van der Waals surface area contributed by atoms with Crippen LogP contribution in [0.1, 0.15) is 22.4 Å². The molecule has 0 atom stereocenters. The van der Waals surface area contributed by atoms with Crippen LogP contribution in [0.5, 0.6) is 0 Å². The first-order valence-corrected chi connectivity index (χ1v) is 6.38. The topological polar surface area (TPSA) is 42.0 Å². The van der Waals surface area contributed by atoms with Crippen molar-refractivity contribution in [2.75, 3.05) is 0 Å². The van der Waals surface area contributed by atoms with E-state index in [1.54, 1.807) is 6.20 Å². The average molecular weight is 254 g/mol. The van der Waals surface area contributed by atoms with E-state index in [1.807, 2.05) is 32.0 Å². The molecule has 1 aromatic carbocycles. The largest absolute Gasteiger partial charge is 0.350 e. The van der Waals surface area contributed by atoms with Gasteiger partial charge in [0.2, 0.25) is 5.91 Å². The van der Waals surface area contributed by atoms with Crippen LogP contribution in [0, 0.1) is 13.8 Å². The predicted molar refractivity (Wildman–Crippen MR) is 75.7 cm³/mol. The Kier molecular flexibility index (Phi) is 4.29. The van der Waals surface area contributed by atoms with E-state index in [4.69, 9.17) is 0 Å². The van der Waals surface area contributed by atoms with E-state index < -0.39 is 0 Å². The Morgan fingerprint density at radius 1 is 1.21 bits per heavy atom. The summed E-state index contributed by atoms with van der Waals surface area (Å²) in [6.45, 7) is 4.54. The molecular weight excluding hydrogens is 236 g/mol. The minimum atomic E-state index is 0.0272. The van der Waals surface area contributed by atoms with E-state index in [1.165, 1.54) is 5.56 Å². The normalized spacial score (nSPS) is 10.2. The summed E-state index contributed by atoms with van der Waals surface area (Å²) >= 11 is 0. The van der Waals surface area contributed by atoms with E-state index in [0.29, 0.717) is 13.0 Å². The third kappa shape index (κ3) is 3.91. The van der Waals surface area contributed by atoms with E-state index in [0.717, 1.165) is 16.8 Å². The molecule has 0 spiro atoms. The van der Waals surface area contributed by atoms with Crippen LogP contribution in [0.3, 0.4) is 0 Å². The van der Waals surface area contributed by atoms with Gasteiger partial charge in [0.05, 0.1) is 18.7 Å². The molecule has 0 aliphatic heterocycles. The Morgan fingerprint density at radius 2 is 2.05 bits per heavy atom. The number of carbonyl (C=O) groups is 1. The Hall–Kier alpha value is -2.16. The third-order valence-corrected chi connectivity index (χ3v) is 3.05. The Morgan fingerprint density at radius 3 is 2.79 bits per heavy atom. The first-order valence-electron chi connectivity index (χ1n) is 6.38. The Balaban J connectivity index is 1.93. The van der Waals surface area contributed by atoms with Crippen LogP contribution in [0.2, 0.25) is 0 Å². The number of rotatable bonds is 4. The minimum Gasteiger partial charge on any atom is -0.350 e. The van der Waals surface area contributed by atoms with E-state index in [-0.39, 0.29) is 5.91 Å². The fourth-order valence-corrected chi connectivity index (χ4v) is 1.92. The Bertz CT molecular complexity index is 564. The van der Waals surface area contributed by atoms with Crippen LogP contribution in [0.25, 0.3) is 0 Å². The number of hydrogen-bond donors (Lipinski definition) is 1. The molecule has 2 aromatic rings. The standard InChI is InChI=1S/C16H18N2O/c1-12-6-7-13(2)14(9-12)10-16(19)18-11-15-5-3-4-8-17-15/h3-9H,10-11H2,1-2H3,(H,18,19). The summed E-state index contributed by atoms with van der Waals surface area (Å²) in [6, 6.07) is 11.9. The molecule has 0 fully saturated rings. The van der Waals surface area contributed by atoms with Crippen LogP contribution in [-0.4, -0.2) is 10.9 Å². The summed E-state index contributed by atoms with van der Waals surface area (Å²) in [5, 5.41) is 2.89. The van der Waals surface area contributed by atoms with E-state index in [9.17, 15) is 4.79 Å². The van der Waals surface area contributed by atoms with Gasteiger partial charge in [-0.25, -0.2) is 0 Å². The second kappa shape index (κ2) is 6.14. The molecule has 0 saturated heterocycles. The summed E-state index contributed by atoms with van der Waals surface area (Å²) in [4.78, 5) is 16.1. The third-order valence-electron chi connectivity index (χ3n) is 3.05. The number of amides is 1. The first kappa shape index (κ1) is 13.3. The first-order chi connectivity index (χ1) is 9.15. The number of benzene rings is 1. The molecule has 0 saturated carbocycles. The van der Waals surface area contributed by atoms with Crippen LogP contribution in [0.15, 0.2) is 42.6 Å². The lowest BCUT2D eigenvalue weighted by Crippen LogP contribution is -2.25. The van der Waals surface area contributed by atoms with Crippen molar-refractivity contribution in [2.45, 2.75) is 26.8 Å². The molecule has 1 N–H and O–H groups in total. The van der Waals surface area contributed by atoms with E-state index >= 15 is 0 Å². The smallest absolute Gasteiger partial charge is 0.224 e. The zero-order chi connectivity index (χ0) is 13.7. The number of hydrogen-bond acceptors (Lipinski definition) is 2. The van der Waals surface area contributed by atoms with Gasteiger partial charge in [0.1, 0.15) is 0 Å². The molecule has 0 aliphatic carbocycles. The maximum atomic E-state index is 11.9. The molecule has 0 bridgehead atoms. The Labute approximate surface area is 113 Å². The fourth-order valence-electron chi connectivity index (χ4n) is 1.92. The maximum absolute atomic E-state index is 11.9. The van der Waals surface area contributed by atoms with Gasteiger partial charge >= 0.3 is 0 Å². The van der Waals surface area contributed by atoms with Crippen molar-refractivity contribution in [1.82, 2.24) is 10.3 Å². The molecule has 0 unspecified atom stereocenters. The van der Waals surface area contributed by atoms with Crippen molar-refractivity contribution < 1.29 is 4.79 Å². The molecule has 3 heteroatoms. The number of pyridine rings is 1. The number of nitrogens with zero attached hydrogens (tertiary/aromatic N) is 1. The molecular formula is C16H18N2O. The summed E-state index contributed by atoms with van der Waals surface area (Å²) in [7, 11) is 0. The molecule has 1 heterocycles. The molecule has 98 valence electrons. The lowest BCUT2D eigenvalue weighted by Gasteiger charge is -2.08. The van der Waals surface area contributed by atoms with Gasteiger partial charge < -0.3 is 5.32 Å². The summed E-state index contributed by atoms with van der Waals surface area (Å²) in [5.74, 6) is 0.0272. The number of nitrogens with one attached hydrogen (secondary N) is 1. The van der Waals surface area contributed by atoms with Gasteiger partial charge in [0.25, 0.3) is 0 Å². The minimum absolute atomic E-state index is 0.0272. The zero-order valence-electron chi connectivity index (χ0n) is 11.3. The van der Waals surface area contributed by atoms with Crippen molar-refractivity contribution in [3.05, 3.63) is 65.0 Å². The second-order valence-electron chi connectivity index (χ2n) is 4.70. The van der Waals surface area contributed by atoms with Gasteiger partial charge in [0, 0.05) is 6.20 Å². The highest BCUT2D eigenvalue weighted by molar-refractivity contribution is 5.78. The maximum Gasteiger partial charge on any atom is 0.224 e. The highest BCUT2D eigenvalue weighted by Crippen LogP contribution is 2.11. The lowest BCUT2D eigenvalue weighted by molar-refractivity contribution is -0.120. The van der Waals surface area contributed by atoms with Crippen molar-refractivity contribution in [2.24, 2.45) is 0 Å². The number of carbonyl (C=O) groups excluding carboxylic acids is 1. The summed E-state index contributed by atoms with van der Waals surface area (Å²) in [6.07, 6.45) is 2.15. The second-order valence-corrected chi connectivity index (χ2v) is 4.70. The number of aromatic nitrogens is 1. The van der Waals surface area contributed by atoms with Crippen molar-refractivity contribution in [3.8, 4) is 0 Å². The summed E-state index contributed by atoms with van der Waals surface area (Å²) in [5.41, 5.74) is 4.28. The summed E-state index contributed by atoms with van der Waals surface area (Å²) < 4.78 is 0. The van der Waals surface area contributed by atoms with Gasteiger partial charge in [-0.15, -0.1) is 0 Å². The molecule has 1 amide bonds. The SMILES string of the molecule is Cc1ccc(C)c(CC(=O)NCc2ccccn2)c1. The molecule has 2 rings (SSSR count). The van der Waals surface area contributed by atoms with Gasteiger partial charge in [-0.3, -0.25) is 9.78 Å².